The number of nitrogens with one attached hydrogen (secondary N) is 2. The van der Waals surface area contributed by atoms with Gasteiger partial charge in [-0.2, -0.15) is 0 Å². The number of aryl methyl sites for hydroxylation is 1. The summed E-state index contributed by atoms with van der Waals surface area (Å²) >= 11 is 0. The van der Waals surface area contributed by atoms with Crippen LogP contribution in [-0.2, 0) is 6.54 Å². The monoisotopic (exact) mass is 256 g/mol. The van der Waals surface area contributed by atoms with Crippen molar-refractivity contribution in [3.05, 3.63) is 46.9 Å². The summed E-state index contributed by atoms with van der Waals surface area (Å²) in [6.07, 6.45) is 1.78. The van der Waals surface area contributed by atoms with Crippen LogP contribution in [0.1, 0.15) is 22.5 Å². The van der Waals surface area contributed by atoms with Gasteiger partial charge in [-0.25, -0.2) is 9.97 Å². The predicted octanol–water partition coefficient (Wildman–Crippen LogP) is 2.86. The second-order valence-corrected chi connectivity index (χ2v) is 4.69. The molecule has 0 aliphatic carbocycles. The quantitative estimate of drug-likeness (QED) is 0.883. The van der Waals surface area contributed by atoms with E-state index < -0.39 is 0 Å². The molecule has 1 aromatic carbocycles. The molecular formula is C15H20N4. The van der Waals surface area contributed by atoms with Gasteiger partial charge in [0.25, 0.3) is 0 Å². The molecule has 0 saturated heterocycles. The van der Waals surface area contributed by atoms with Gasteiger partial charge in [-0.3, -0.25) is 0 Å². The minimum Gasteiger partial charge on any atom is -0.340 e. The number of hydrogen-bond acceptors (Lipinski definition) is 4. The molecular weight excluding hydrogens is 236 g/mol. The minimum absolute atomic E-state index is 0.668. The lowest BCUT2D eigenvalue weighted by Gasteiger charge is -2.13. The Kier molecular flexibility index (Phi) is 4.12. The number of rotatable bonds is 4. The first-order valence-electron chi connectivity index (χ1n) is 6.42. The summed E-state index contributed by atoms with van der Waals surface area (Å²) in [5.74, 6) is 1.61. The van der Waals surface area contributed by atoms with Crippen molar-refractivity contribution in [2.75, 3.05) is 12.4 Å². The molecule has 2 N–H and O–H groups in total. The van der Waals surface area contributed by atoms with Gasteiger partial charge in [0.1, 0.15) is 11.6 Å². The van der Waals surface area contributed by atoms with Crippen LogP contribution in [0.2, 0.25) is 0 Å². The van der Waals surface area contributed by atoms with Crippen LogP contribution >= 0.6 is 0 Å². The van der Waals surface area contributed by atoms with E-state index in [-0.39, 0.29) is 0 Å². The highest BCUT2D eigenvalue weighted by atomic mass is 15.0. The molecule has 0 radical (unpaired) electrons. The van der Waals surface area contributed by atoms with E-state index in [9.17, 15) is 0 Å². The Bertz CT molecular complexity index is 578. The Morgan fingerprint density at radius 1 is 1.05 bits per heavy atom. The lowest BCUT2D eigenvalue weighted by molar-refractivity contribution is 0.759. The van der Waals surface area contributed by atoms with Crippen molar-refractivity contribution in [1.82, 2.24) is 15.3 Å². The van der Waals surface area contributed by atoms with Crippen LogP contribution in [-0.4, -0.2) is 17.0 Å². The zero-order valence-corrected chi connectivity index (χ0v) is 11.9. The van der Waals surface area contributed by atoms with Gasteiger partial charge in [-0.15, -0.1) is 0 Å². The fourth-order valence-electron chi connectivity index (χ4n) is 1.94. The van der Waals surface area contributed by atoms with Crippen molar-refractivity contribution in [1.29, 1.82) is 0 Å². The highest BCUT2D eigenvalue weighted by Crippen LogP contribution is 2.24. The molecule has 0 amide bonds. The average Bonchev–Trinajstić information content (AvgIpc) is 2.40. The van der Waals surface area contributed by atoms with Gasteiger partial charge in [0.2, 0.25) is 0 Å². The normalized spacial score (nSPS) is 10.5. The fraction of sp³-hybridized carbons (Fsp3) is 0.333. The Morgan fingerprint density at radius 3 is 2.58 bits per heavy atom. The van der Waals surface area contributed by atoms with Gasteiger partial charge < -0.3 is 10.6 Å². The van der Waals surface area contributed by atoms with E-state index in [0.29, 0.717) is 6.54 Å². The van der Waals surface area contributed by atoms with E-state index in [2.05, 4.69) is 53.5 Å². The number of hydrogen-bond donors (Lipinski definition) is 2. The third-order valence-electron chi connectivity index (χ3n) is 3.36. The molecule has 2 rings (SSSR count). The van der Waals surface area contributed by atoms with E-state index in [4.69, 9.17) is 0 Å². The minimum atomic E-state index is 0.668. The predicted molar refractivity (Wildman–Crippen MR) is 78.7 cm³/mol. The third kappa shape index (κ3) is 3.09. The molecule has 19 heavy (non-hydrogen) atoms. The molecule has 1 aromatic heterocycles. The van der Waals surface area contributed by atoms with Gasteiger partial charge in [0.05, 0.1) is 6.54 Å². The Labute approximate surface area is 114 Å². The van der Waals surface area contributed by atoms with Crippen molar-refractivity contribution in [3.63, 3.8) is 0 Å². The molecule has 0 spiro atoms. The molecule has 2 aromatic rings. The summed E-state index contributed by atoms with van der Waals surface area (Å²) in [4.78, 5) is 8.68. The summed E-state index contributed by atoms with van der Waals surface area (Å²) in [5, 5.41) is 6.41. The first kappa shape index (κ1) is 13.5. The third-order valence-corrected chi connectivity index (χ3v) is 3.36. The molecule has 0 aliphatic heterocycles. The van der Waals surface area contributed by atoms with Crippen molar-refractivity contribution >= 4 is 11.5 Å². The lowest BCUT2D eigenvalue weighted by atomic mass is 10.0. The van der Waals surface area contributed by atoms with E-state index in [1.165, 1.54) is 16.7 Å². The first-order chi connectivity index (χ1) is 9.11. The molecule has 0 bridgehead atoms. The second kappa shape index (κ2) is 5.80. The van der Waals surface area contributed by atoms with Crippen LogP contribution in [0.3, 0.4) is 0 Å². The van der Waals surface area contributed by atoms with Crippen LogP contribution in [0.15, 0.2) is 24.4 Å². The van der Waals surface area contributed by atoms with Crippen LogP contribution < -0.4 is 10.6 Å². The van der Waals surface area contributed by atoms with E-state index >= 15 is 0 Å². The highest BCUT2D eigenvalue weighted by molar-refractivity contribution is 5.63. The SMILES string of the molecule is CNCc1nccc(Nc2ccc(C)c(C)c2C)n1. The number of benzene rings is 1. The topological polar surface area (TPSA) is 49.8 Å². The number of nitrogens with zero attached hydrogens (tertiary/aromatic N) is 2. The fourth-order valence-corrected chi connectivity index (χ4v) is 1.94. The van der Waals surface area contributed by atoms with Crippen molar-refractivity contribution in [2.24, 2.45) is 0 Å². The van der Waals surface area contributed by atoms with Crippen LogP contribution in [0.4, 0.5) is 11.5 Å². The zero-order chi connectivity index (χ0) is 13.8. The summed E-state index contributed by atoms with van der Waals surface area (Å²) in [7, 11) is 1.89. The van der Waals surface area contributed by atoms with Gasteiger partial charge >= 0.3 is 0 Å². The summed E-state index contributed by atoms with van der Waals surface area (Å²) < 4.78 is 0. The zero-order valence-electron chi connectivity index (χ0n) is 11.9. The number of anilines is 2. The smallest absolute Gasteiger partial charge is 0.144 e. The molecule has 100 valence electrons. The molecule has 4 heteroatoms. The van der Waals surface area contributed by atoms with Crippen LogP contribution in [0, 0.1) is 20.8 Å². The summed E-state index contributed by atoms with van der Waals surface area (Å²) in [6.45, 7) is 7.06. The van der Waals surface area contributed by atoms with E-state index in [1.54, 1.807) is 6.20 Å². The van der Waals surface area contributed by atoms with Gasteiger partial charge in [0, 0.05) is 11.9 Å². The lowest BCUT2D eigenvalue weighted by Crippen LogP contribution is -2.10. The molecule has 0 aliphatic rings. The molecule has 0 atom stereocenters. The standard InChI is InChI=1S/C15H20N4/c1-10-5-6-13(12(3)11(10)2)18-14-7-8-17-15(19-14)9-16-4/h5-8,16H,9H2,1-4H3,(H,17,18,19). The van der Waals surface area contributed by atoms with Gasteiger partial charge in [-0.05, 0) is 56.6 Å². The van der Waals surface area contributed by atoms with Crippen LogP contribution in [0.5, 0.6) is 0 Å². The Balaban J connectivity index is 2.26. The largest absolute Gasteiger partial charge is 0.340 e. The Morgan fingerprint density at radius 2 is 1.84 bits per heavy atom. The molecule has 0 unspecified atom stereocenters. The molecule has 4 nitrogen and oxygen atoms in total. The van der Waals surface area contributed by atoms with Crippen molar-refractivity contribution < 1.29 is 0 Å². The maximum atomic E-state index is 4.47. The molecule has 0 fully saturated rings. The number of aromatic nitrogens is 2. The average molecular weight is 256 g/mol. The van der Waals surface area contributed by atoms with Crippen molar-refractivity contribution in [2.45, 2.75) is 27.3 Å². The molecule has 0 saturated carbocycles. The van der Waals surface area contributed by atoms with Crippen molar-refractivity contribution in [3.8, 4) is 0 Å². The maximum Gasteiger partial charge on any atom is 0.144 e. The summed E-state index contributed by atoms with van der Waals surface area (Å²) in [6, 6.07) is 6.10. The van der Waals surface area contributed by atoms with Crippen LogP contribution in [0.25, 0.3) is 0 Å². The Hall–Kier alpha value is -1.94. The van der Waals surface area contributed by atoms with Gasteiger partial charge in [-0.1, -0.05) is 6.07 Å². The first-order valence-corrected chi connectivity index (χ1v) is 6.42. The summed E-state index contributed by atoms with van der Waals surface area (Å²) in [5.41, 5.74) is 4.97. The maximum absolute atomic E-state index is 4.47. The second-order valence-electron chi connectivity index (χ2n) is 4.69. The van der Waals surface area contributed by atoms with E-state index in [1.807, 2.05) is 13.1 Å². The van der Waals surface area contributed by atoms with E-state index in [0.717, 1.165) is 17.3 Å². The van der Waals surface area contributed by atoms with Gasteiger partial charge in [0.15, 0.2) is 0 Å². The molecule has 1 heterocycles. The highest BCUT2D eigenvalue weighted by Gasteiger charge is 2.05.